The zero-order valence-electron chi connectivity index (χ0n) is 16.1. The van der Waals surface area contributed by atoms with Crippen LogP contribution in [0.1, 0.15) is 16.7 Å². The molecule has 0 saturated heterocycles. The molecular weight excluding hydrogens is 417 g/mol. The Morgan fingerprint density at radius 2 is 1.73 bits per heavy atom. The van der Waals surface area contributed by atoms with Crippen LogP contribution in [0.15, 0.2) is 77.8 Å². The molecule has 0 bridgehead atoms. The van der Waals surface area contributed by atoms with Crippen molar-refractivity contribution in [1.82, 2.24) is 0 Å². The second-order valence-electron chi connectivity index (χ2n) is 7.12. The number of aromatic hydroxyl groups is 1. The van der Waals surface area contributed by atoms with Crippen LogP contribution in [-0.2, 0) is 16.4 Å². The number of nitrogens with zero attached hydrogens (tertiary/aromatic N) is 2. The minimum atomic E-state index is -1.56. The lowest BCUT2D eigenvalue weighted by Crippen LogP contribution is -2.25. The molecular formula is C23H21FN2O2P2. The van der Waals surface area contributed by atoms with Crippen molar-refractivity contribution in [3.8, 4) is 5.75 Å². The number of hydrogen-bond donors (Lipinski definition) is 1. The van der Waals surface area contributed by atoms with E-state index in [2.05, 4.69) is 23.5 Å². The van der Waals surface area contributed by atoms with Gasteiger partial charge in [-0.1, -0.05) is 60.9 Å². The van der Waals surface area contributed by atoms with Crippen molar-refractivity contribution in [3.05, 3.63) is 89.5 Å². The van der Waals surface area contributed by atoms with Gasteiger partial charge in [-0.05, 0) is 47.9 Å². The minimum absolute atomic E-state index is 0.142. The molecule has 2 unspecified atom stereocenters. The Balaban J connectivity index is 1.59. The SMILES string of the molecule is O=C1C(=NCCc2cccc(C(F)(P)P)c2)c2ccccc2N1c1ccc(O)cc1. The second-order valence-corrected chi connectivity index (χ2v) is 9.47. The van der Waals surface area contributed by atoms with Crippen LogP contribution in [0.5, 0.6) is 5.75 Å². The van der Waals surface area contributed by atoms with Crippen LogP contribution in [0.4, 0.5) is 15.8 Å². The quantitative estimate of drug-likeness (QED) is 0.575. The van der Waals surface area contributed by atoms with Crippen LogP contribution in [0.2, 0.25) is 0 Å². The number of phenols is 1. The predicted molar refractivity (Wildman–Crippen MR) is 125 cm³/mol. The number of carbonyl (C=O) groups excluding carboxylic acids is 1. The summed E-state index contributed by atoms with van der Waals surface area (Å²) in [6.07, 6.45) is 0.595. The van der Waals surface area contributed by atoms with Crippen LogP contribution in [0, 0.1) is 0 Å². The number of hydrogen-bond acceptors (Lipinski definition) is 3. The molecule has 3 aromatic carbocycles. The fraction of sp³-hybridized carbons (Fsp3) is 0.130. The fourth-order valence-electron chi connectivity index (χ4n) is 3.47. The van der Waals surface area contributed by atoms with Gasteiger partial charge < -0.3 is 5.11 Å². The monoisotopic (exact) mass is 438 g/mol. The standard InChI is InChI=1S/C23H21FN2O2P2/c24-23(29,30)16-5-3-4-15(14-16)12-13-25-21-19-6-1-2-7-20(19)26(22(21)28)17-8-10-18(27)11-9-17/h1-11,14,27H,12-13,29-30H2. The second kappa shape index (κ2) is 8.26. The van der Waals surface area contributed by atoms with E-state index in [-0.39, 0.29) is 11.7 Å². The molecule has 4 rings (SSSR count). The Bertz CT molecular complexity index is 1120. The summed E-state index contributed by atoms with van der Waals surface area (Å²) >= 11 is 0. The third-order valence-corrected chi connectivity index (χ3v) is 5.62. The lowest BCUT2D eigenvalue weighted by atomic mass is 10.1. The van der Waals surface area contributed by atoms with Gasteiger partial charge >= 0.3 is 0 Å². The van der Waals surface area contributed by atoms with E-state index in [1.807, 2.05) is 42.5 Å². The highest BCUT2D eigenvalue weighted by atomic mass is 31.1. The molecule has 7 heteroatoms. The molecule has 3 aromatic rings. The highest BCUT2D eigenvalue weighted by Crippen LogP contribution is 2.40. The van der Waals surface area contributed by atoms with Gasteiger partial charge in [0, 0.05) is 17.8 Å². The maximum Gasteiger partial charge on any atom is 0.281 e. The summed E-state index contributed by atoms with van der Waals surface area (Å²) in [7, 11) is 4.34. The van der Waals surface area contributed by atoms with Crippen molar-refractivity contribution < 1.29 is 14.3 Å². The molecule has 1 amide bonds. The van der Waals surface area contributed by atoms with Gasteiger partial charge in [-0.3, -0.25) is 14.7 Å². The Morgan fingerprint density at radius 3 is 2.47 bits per heavy atom. The normalized spacial score (nSPS) is 15.0. The maximum atomic E-state index is 14.1. The van der Waals surface area contributed by atoms with Gasteiger partial charge in [0.05, 0.1) is 5.69 Å². The van der Waals surface area contributed by atoms with Crippen LogP contribution in [-0.4, -0.2) is 23.3 Å². The number of para-hydroxylation sites is 1. The molecule has 1 aliphatic rings. The Labute approximate surface area is 179 Å². The van der Waals surface area contributed by atoms with Crippen LogP contribution >= 0.6 is 18.5 Å². The van der Waals surface area contributed by atoms with Crippen molar-refractivity contribution in [2.75, 3.05) is 11.4 Å². The van der Waals surface area contributed by atoms with E-state index in [4.69, 9.17) is 0 Å². The molecule has 30 heavy (non-hydrogen) atoms. The molecule has 1 heterocycles. The van der Waals surface area contributed by atoms with E-state index in [0.717, 1.165) is 16.8 Å². The topological polar surface area (TPSA) is 52.9 Å². The van der Waals surface area contributed by atoms with Crippen molar-refractivity contribution in [3.63, 3.8) is 0 Å². The molecule has 1 N–H and O–H groups in total. The summed E-state index contributed by atoms with van der Waals surface area (Å²) in [4.78, 5) is 19.4. The number of anilines is 2. The summed E-state index contributed by atoms with van der Waals surface area (Å²) in [5.41, 5.74) is 4.14. The van der Waals surface area contributed by atoms with Gasteiger partial charge in [0.2, 0.25) is 0 Å². The van der Waals surface area contributed by atoms with E-state index in [9.17, 15) is 14.3 Å². The maximum absolute atomic E-state index is 14.1. The summed E-state index contributed by atoms with van der Waals surface area (Å²) in [5.74, 6) is -0.0589. The smallest absolute Gasteiger partial charge is 0.281 e. The molecule has 4 nitrogen and oxygen atoms in total. The number of alkyl halides is 1. The predicted octanol–water partition coefficient (Wildman–Crippen LogP) is 4.93. The zero-order chi connectivity index (χ0) is 21.3. The number of rotatable bonds is 5. The van der Waals surface area contributed by atoms with Crippen molar-refractivity contribution in [2.24, 2.45) is 4.99 Å². The highest BCUT2D eigenvalue weighted by Gasteiger charge is 2.34. The van der Waals surface area contributed by atoms with E-state index < -0.39 is 5.15 Å². The molecule has 0 aliphatic carbocycles. The Kier molecular flexibility index (Phi) is 5.69. The summed E-state index contributed by atoms with van der Waals surface area (Å²) in [5, 5.41) is 7.99. The number of carbonyl (C=O) groups is 1. The third kappa shape index (κ3) is 4.14. The number of halogens is 1. The van der Waals surface area contributed by atoms with Crippen LogP contribution in [0.25, 0.3) is 0 Å². The molecule has 0 saturated carbocycles. The van der Waals surface area contributed by atoms with E-state index in [1.165, 1.54) is 0 Å². The molecule has 2 atom stereocenters. The fourth-order valence-corrected chi connectivity index (χ4v) is 3.83. The van der Waals surface area contributed by atoms with E-state index >= 15 is 0 Å². The van der Waals surface area contributed by atoms with Gasteiger partial charge in [0.25, 0.3) is 5.91 Å². The van der Waals surface area contributed by atoms with Crippen molar-refractivity contribution in [1.29, 1.82) is 0 Å². The Morgan fingerprint density at radius 1 is 1.00 bits per heavy atom. The molecule has 0 aromatic heterocycles. The lowest BCUT2D eigenvalue weighted by Gasteiger charge is -2.16. The molecule has 152 valence electrons. The molecule has 1 aliphatic heterocycles. The van der Waals surface area contributed by atoms with Crippen molar-refractivity contribution in [2.45, 2.75) is 11.6 Å². The Hall–Kier alpha value is -2.61. The first-order chi connectivity index (χ1) is 14.3. The zero-order valence-corrected chi connectivity index (χ0v) is 18.4. The van der Waals surface area contributed by atoms with E-state index in [1.54, 1.807) is 35.2 Å². The minimum Gasteiger partial charge on any atom is -0.508 e. The number of benzene rings is 3. The van der Waals surface area contributed by atoms with Gasteiger partial charge in [-0.2, -0.15) is 0 Å². The van der Waals surface area contributed by atoms with Gasteiger partial charge in [0.1, 0.15) is 11.5 Å². The highest BCUT2D eigenvalue weighted by molar-refractivity contribution is 7.38. The summed E-state index contributed by atoms with van der Waals surface area (Å²) < 4.78 is 14.1. The average Bonchev–Trinajstić information content (AvgIpc) is 3.00. The average molecular weight is 438 g/mol. The number of aliphatic imine (C=N–C) groups is 1. The number of phenolic OH excluding ortho intramolecular Hbond substituents is 1. The number of amides is 1. The first-order valence-corrected chi connectivity index (χ1v) is 10.6. The third-order valence-electron chi connectivity index (χ3n) is 4.95. The first-order valence-electron chi connectivity index (χ1n) is 9.48. The molecule has 0 spiro atoms. The molecule has 0 radical (unpaired) electrons. The van der Waals surface area contributed by atoms with Crippen LogP contribution in [0.3, 0.4) is 0 Å². The molecule has 0 fully saturated rings. The van der Waals surface area contributed by atoms with Gasteiger partial charge in [-0.25, -0.2) is 4.39 Å². The summed E-state index contributed by atoms with van der Waals surface area (Å²) in [6, 6.07) is 21.3. The van der Waals surface area contributed by atoms with Gasteiger partial charge in [-0.15, -0.1) is 0 Å². The van der Waals surface area contributed by atoms with Crippen LogP contribution < -0.4 is 4.90 Å². The largest absolute Gasteiger partial charge is 0.508 e. The lowest BCUT2D eigenvalue weighted by molar-refractivity contribution is -0.111. The van der Waals surface area contributed by atoms with Crippen molar-refractivity contribution >= 4 is 41.5 Å². The van der Waals surface area contributed by atoms with Gasteiger partial charge in [0.15, 0.2) is 5.15 Å². The first kappa shape index (κ1) is 20.7. The van der Waals surface area contributed by atoms with E-state index in [0.29, 0.717) is 29.9 Å². The summed E-state index contributed by atoms with van der Waals surface area (Å²) in [6.45, 7) is 0.412. The number of fused-ring (bicyclic) bond motifs is 1.